The number of anilines is 2. The van der Waals surface area contributed by atoms with Crippen LogP contribution >= 0.6 is 11.8 Å². The highest BCUT2D eigenvalue weighted by Gasteiger charge is 2.41. The van der Waals surface area contributed by atoms with Crippen molar-refractivity contribution in [2.75, 3.05) is 17.3 Å². The molecule has 10 heteroatoms. The van der Waals surface area contributed by atoms with E-state index in [0.29, 0.717) is 17.1 Å². The number of para-hydroxylation sites is 1. The fourth-order valence-corrected chi connectivity index (χ4v) is 5.73. The number of hydrogen-bond donors (Lipinski definition) is 1. The first-order valence-corrected chi connectivity index (χ1v) is 13.0. The molecule has 3 aromatic carbocycles. The van der Waals surface area contributed by atoms with Gasteiger partial charge in [-0.1, -0.05) is 47.7 Å². The minimum atomic E-state index is -4.07. The standard InChI is InChI=1S/C25H23N3O5S2/c1-17-8-14-21(15-9-17)35(31,32)27-25-28(19-6-4-3-5-7-19)24(30)22(34-25)16-23(29)26-18-10-12-20(33-2)13-11-18/h3-15,22H,16H2,1-2H3,(H,26,29). The summed E-state index contributed by atoms with van der Waals surface area (Å²) in [6.07, 6.45) is -0.150. The molecular weight excluding hydrogens is 486 g/mol. The maximum absolute atomic E-state index is 13.3. The first-order valence-electron chi connectivity index (χ1n) is 10.7. The maximum atomic E-state index is 13.3. The summed E-state index contributed by atoms with van der Waals surface area (Å²) in [6, 6.07) is 21.8. The van der Waals surface area contributed by atoms with Gasteiger partial charge in [0.15, 0.2) is 5.17 Å². The van der Waals surface area contributed by atoms with E-state index in [1.165, 1.54) is 17.0 Å². The first kappa shape index (κ1) is 24.5. The molecule has 1 unspecified atom stereocenters. The number of benzene rings is 3. The van der Waals surface area contributed by atoms with Crippen molar-refractivity contribution < 1.29 is 22.7 Å². The second-order valence-corrected chi connectivity index (χ2v) is 10.5. The average Bonchev–Trinajstić information content (AvgIpc) is 3.13. The molecule has 0 bridgehead atoms. The summed E-state index contributed by atoms with van der Waals surface area (Å²) in [7, 11) is -2.52. The second-order valence-electron chi connectivity index (χ2n) is 7.76. The van der Waals surface area contributed by atoms with Gasteiger partial charge in [0.1, 0.15) is 11.0 Å². The van der Waals surface area contributed by atoms with Crippen LogP contribution in [0, 0.1) is 6.92 Å². The molecule has 2 amide bonds. The third-order valence-electron chi connectivity index (χ3n) is 5.21. The molecule has 0 aliphatic carbocycles. The highest BCUT2D eigenvalue weighted by Crippen LogP contribution is 2.35. The van der Waals surface area contributed by atoms with E-state index < -0.39 is 21.2 Å². The third kappa shape index (κ3) is 5.72. The molecule has 3 aromatic rings. The molecule has 1 aliphatic rings. The van der Waals surface area contributed by atoms with E-state index in [0.717, 1.165) is 17.3 Å². The monoisotopic (exact) mass is 509 g/mol. The molecule has 1 aliphatic heterocycles. The normalized spacial score (nSPS) is 17.0. The molecule has 1 atom stereocenters. The number of amidine groups is 1. The van der Waals surface area contributed by atoms with Gasteiger partial charge < -0.3 is 10.1 Å². The second kappa shape index (κ2) is 10.3. The Bertz CT molecular complexity index is 1360. The van der Waals surface area contributed by atoms with Crippen molar-refractivity contribution in [1.29, 1.82) is 0 Å². The summed E-state index contributed by atoms with van der Waals surface area (Å²) in [4.78, 5) is 27.2. The number of carbonyl (C=O) groups is 2. The molecule has 4 rings (SSSR count). The molecule has 0 radical (unpaired) electrons. The predicted molar refractivity (Wildman–Crippen MR) is 137 cm³/mol. The predicted octanol–water partition coefficient (Wildman–Crippen LogP) is 4.23. The number of amides is 2. The Balaban J connectivity index is 1.59. The van der Waals surface area contributed by atoms with E-state index in [-0.39, 0.29) is 22.4 Å². The molecule has 1 saturated heterocycles. The SMILES string of the molecule is COc1ccc(NC(=O)CC2SC(=NS(=O)(=O)c3ccc(C)cc3)N(c3ccccc3)C2=O)cc1. The number of carbonyl (C=O) groups excluding carboxylic acids is 2. The van der Waals surface area contributed by atoms with Gasteiger partial charge in [0.2, 0.25) is 11.8 Å². The van der Waals surface area contributed by atoms with E-state index in [1.54, 1.807) is 73.8 Å². The Hall–Kier alpha value is -3.63. The molecular formula is C25H23N3O5S2. The number of sulfonamides is 1. The lowest BCUT2D eigenvalue weighted by atomic mass is 10.2. The minimum Gasteiger partial charge on any atom is -0.497 e. The number of thioether (sulfide) groups is 1. The Morgan fingerprint density at radius 3 is 2.31 bits per heavy atom. The van der Waals surface area contributed by atoms with Crippen LogP contribution in [0.25, 0.3) is 0 Å². The fourth-order valence-electron chi connectivity index (χ4n) is 3.40. The zero-order valence-corrected chi connectivity index (χ0v) is 20.7. The van der Waals surface area contributed by atoms with Crippen LogP contribution < -0.4 is 15.0 Å². The fraction of sp³-hybridized carbons (Fsp3) is 0.160. The van der Waals surface area contributed by atoms with Gasteiger partial charge in [-0.3, -0.25) is 14.5 Å². The Morgan fingerprint density at radius 2 is 1.69 bits per heavy atom. The number of aryl methyl sites for hydroxylation is 1. The Morgan fingerprint density at radius 1 is 1.03 bits per heavy atom. The number of rotatable bonds is 7. The van der Waals surface area contributed by atoms with E-state index >= 15 is 0 Å². The summed E-state index contributed by atoms with van der Waals surface area (Å²) in [5.74, 6) is -0.140. The average molecular weight is 510 g/mol. The zero-order valence-electron chi connectivity index (χ0n) is 19.0. The van der Waals surface area contributed by atoms with Gasteiger partial charge >= 0.3 is 0 Å². The van der Waals surface area contributed by atoms with Gasteiger partial charge in [0.25, 0.3) is 10.0 Å². The van der Waals surface area contributed by atoms with Crippen LogP contribution in [0.15, 0.2) is 88.2 Å². The molecule has 1 heterocycles. The quantitative estimate of drug-likeness (QED) is 0.511. The Kier molecular flexibility index (Phi) is 7.23. The highest BCUT2D eigenvalue weighted by atomic mass is 32.2. The van der Waals surface area contributed by atoms with Crippen LogP contribution in [0.5, 0.6) is 5.75 Å². The molecule has 35 heavy (non-hydrogen) atoms. The summed E-state index contributed by atoms with van der Waals surface area (Å²) < 4.78 is 35.1. The molecule has 0 aromatic heterocycles. The third-order valence-corrected chi connectivity index (χ3v) is 7.75. The molecule has 1 N–H and O–H groups in total. The Labute approximate surface area is 208 Å². The van der Waals surface area contributed by atoms with E-state index in [1.807, 2.05) is 6.92 Å². The molecule has 0 saturated carbocycles. The van der Waals surface area contributed by atoms with E-state index in [9.17, 15) is 18.0 Å². The van der Waals surface area contributed by atoms with Crippen molar-refractivity contribution in [3.8, 4) is 5.75 Å². The van der Waals surface area contributed by atoms with Gasteiger partial charge in [-0.2, -0.15) is 8.42 Å². The number of nitrogens with one attached hydrogen (secondary N) is 1. The van der Waals surface area contributed by atoms with Gasteiger partial charge in [-0.15, -0.1) is 4.40 Å². The number of hydrogen-bond acceptors (Lipinski definition) is 6. The maximum Gasteiger partial charge on any atom is 0.284 e. The van der Waals surface area contributed by atoms with Crippen molar-refractivity contribution in [2.24, 2.45) is 4.40 Å². The molecule has 180 valence electrons. The largest absolute Gasteiger partial charge is 0.497 e. The topological polar surface area (TPSA) is 105 Å². The molecule has 8 nitrogen and oxygen atoms in total. The van der Waals surface area contributed by atoms with Crippen LogP contribution in [-0.2, 0) is 19.6 Å². The van der Waals surface area contributed by atoms with E-state index in [4.69, 9.17) is 4.74 Å². The van der Waals surface area contributed by atoms with Gasteiger partial charge in [-0.25, -0.2) is 0 Å². The number of ether oxygens (including phenoxy) is 1. The summed E-state index contributed by atoms with van der Waals surface area (Å²) in [5, 5.41) is 1.92. The van der Waals surface area contributed by atoms with Crippen LogP contribution in [0.1, 0.15) is 12.0 Å². The molecule has 0 spiro atoms. The zero-order chi connectivity index (χ0) is 25.0. The number of nitrogens with zero attached hydrogens (tertiary/aromatic N) is 2. The lowest BCUT2D eigenvalue weighted by Gasteiger charge is -2.16. The lowest BCUT2D eigenvalue weighted by Crippen LogP contribution is -2.33. The summed E-state index contributed by atoms with van der Waals surface area (Å²) >= 11 is 0.958. The van der Waals surface area contributed by atoms with Crippen molar-refractivity contribution in [3.05, 3.63) is 84.4 Å². The van der Waals surface area contributed by atoms with Crippen molar-refractivity contribution >= 4 is 50.1 Å². The smallest absolute Gasteiger partial charge is 0.284 e. The van der Waals surface area contributed by atoms with Crippen molar-refractivity contribution in [2.45, 2.75) is 23.5 Å². The van der Waals surface area contributed by atoms with E-state index in [2.05, 4.69) is 9.71 Å². The van der Waals surface area contributed by atoms with Gasteiger partial charge in [0, 0.05) is 12.1 Å². The summed E-state index contributed by atoms with van der Waals surface area (Å²) in [6.45, 7) is 1.85. The lowest BCUT2D eigenvalue weighted by molar-refractivity contribution is -0.121. The minimum absolute atomic E-state index is 0.00372. The van der Waals surface area contributed by atoms with Crippen LogP contribution in [-0.4, -0.2) is 37.8 Å². The summed E-state index contributed by atoms with van der Waals surface area (Å²) in [5.41, 5.74) is 1.94. The van der Waals surface area contributed by atoms with Crippen molar-refractivity contribution in [1.82, 2.24) is 0 Å². The van der Waals surface area contributed by atoms with Crippen LogP contribution in [0.4, 0.5) is 11.4 Å². The highest BCUT2D eigenvalue weighted by molar-refractivity contribution is 8.16. The first-order chi connectivity index (χ1) is 16.8. The molecule has 1 fully saturated rings. The number of methoxy groups -OCH3 is 1. The van der Waals surface area contributed by atoms with Crippen LogP contribution in [0.3, 0.4) is 0 Å². The van der Waals surface area contributed by atoms with Gasteiger partial charge in [-0.05, 0) is 55.5 Å². The van der Waals surface area contributed by atoms with Crippen LogP contribution in [0.2, 0.25) is 0 Å². The van der Waals surface area contributed by atoms with Crippen molar-refractivity contribution in [3.63, 3.8) is 0 Å². The van der Waals surface area contributed by atoms with Gasteiger partial charge in [0.05, 0.1) is 17.7 Å².